The van der Waals surface area contributed by atoms with Gasteiger partial charge in [0.15, 0.2) is 10.8 Å². The molecule has 0 aliphatic carbocycles. The molecule has 1 saturated heterocycles. The van der Waals surface area contributed by atoms with Crippen LogP contribution in [0.2, 0.25) is 0 Å². The summed E-state index contributed by atoms with van der Waals surface area (Å²) in [5, 5.41) is 7.51. The Balaban J connectivity index is 1.64. The van der Waals surface area contributed by atoms with Crippen molar-refractivity contribution in [3.8, 4) is 0 Å². The molecule has 3 atom stereocenters. The number of anilines is 1. The maximum absolute atomic E-state index is 12.8. The molecule has 1 aromatic rings. The first-order valence-electron chi connectivity index (χ1n) is 9.59. The quantitative estimate of drug-likeness (QED) is 0.167. The zero-order valence-corrected chi connectivity index (χ0v) is 19.4. The maximum Gasteiger partial charge on any atom is 0.511 e. The number of thiazole rings is 1. The Labute approximate surface area is 196 Å². The van der Waals surface area contributed by atoms with Crippen LogP contribution in [0.3, 0.4) is 0 Å². The first kappa shape index (κ1) is 24.3. The molecule has 13 nitrogen and oxygen atoms in total. The van der Waals surface area contributed by atoms with E-state index in [9.17, 15) is 19.2 Å². The number of amides is 2. The lowest BCUT2D eigenvalue weighted by atomic mass is 10.0. The first-order chi connectivity index (χ1) is 15.8. The van der Waals surface area contributed by atoms with E-state index in [4.69, 9.17) is 20.0 Å². The van der Waals surface area contributed by atoms with Crippen LogP contribution < -0.4 is 11.1 Å². The Morgan fingerprint density at radius 1 is 1.39 bits per heavy atom. The number of hydrogen-bond acceptors (Lipinski definition) is 13. The molecule has 15 heteroatoms. The second-order valence-corrected chi connectivity index (χ2v) is 8.48. The number of oxime groups is 1. The van der Waals surface area contributed by atoms with E-state index in [2.05, 4.69) is 20.2 Å². The Morgan fingerprint density at radius 3 is 2.79 bits per heavy atom. The summed E-state index contributed by atoms with van der Waals surface area (Å²) in [4.78, 5) is 59.3. The number of hydrogen-bond donors (Lipinski definition) is 2. The van der Waals surface area contributed by atoms with Crippen molar-refractivity contribution in [3.63, 3.8) is 0 Å². The third kappa shape index (κ3) is 5.36. The minimum atomic E-state index is -1.23. The molecule has 3 heterocycles. The number of thioether (sulfide) groups is 1. The van der Waals surface area contributed by atoms with Crippen LogP contribution >= 0.6 is 23.1 Å². The number of rotatable bonds is 8. The summed E-state index contributed by atoms with van der Waals surface area (Å²) in [6, 6.07) is -0.912. The second-order valence-electron chi connectivity index (χ2n) is 6.44. The van der Waals surface area contributed by atoms with Crippen LogP contribution in [-0.2, 0) is 33.4 Å². The van der Waals surface area contributed by atoms with Gasteiger partial charge in [-0.3, -0.25) is 14.5 Å². The highest BCUT2D eigenvalue weighted by Gasteiger charge is 2.53. The lowest BCUT2D eigenvalue weighted by molar-refractivity contribution is -0.168. The minimum absolute atomic E-state index is 0.00776. The van der Waals surface area contributed by atoms with Gasteiger partial charge in [-0.2, -0.15) is 0 Å². The van der Waals surface area contributed by atoms with Gasteiger partial charge < -0.3 is 30.1 Å². The van der Waals surface area contributed by atoms with Crippen LogP contribution in [-0.4, -0.2) is 76.7 Å². The molecule has 3 rings (SSSR count). The van der Waals surface area contributed by atoms with Gasteiger partial charge in [-0.15, -0.1) is 23.1 Å². The molecule has 1 aromatic heterocycles. The van der Waals surface area contributed by atoms with Gasteiger partial charge in [0.25, 0.3) is 11.8 Å². The summed E-state index contributed by atoms with van der Waals surface area (Å²) >= 11 is 2.47. The third-order valence-corrected chi connectivity index (χ3v) is 6.16. The van der Waals surface area contributed by atoms with Gasteiger partial charge >= 0.3 is 12.1 Å². The molecule has 33 heavy (non-hydrogen) atoms. The Morgan fingerprint density at radius 2 is 2.15 bits per heavy atom. The van der Waals surface area contributed by atoms with Crippen LogP contribution in [0, 0.1) is 0 Å². The molecule has 178 valence electrons. The fraction of sp³-hybridized carbons (Fsp3) is 0.444. The van der Waals surface area contributed by atoms with E-state index in [0.29, 0.717) is 5.75 Å². The van der Waals surface area contributed by atoms with Crippen molar-refractivity contribution in [2.45, 2.75) is 31.6 Å². The van der Waals surface area contributed by atoms with Crippen molar-refractivity contribution >= 4 is 57.9 Å². The molecule has 2 amide bonds. The van der Waals surface area contributed by atoms with E-state index >= 15 is 0 Å². The topological polar surface area (TPSA) is 172 Å². The predicted molar refractivity (Wildman–Crippen MR) is 117 cm³/mol. The second kappa shape index (κ2) is 10.5. The summed E-state index contributed by atoms with van der Waals surface area (Å²) in [5.41, 5.74) is 5.67. The van der Waals surface area contributed by atoms with E-state index in [1.54, 1.807) is 6.92 Å². The molecular formula is C18H21N5O8S2. The number of nitrogen functional groups attached to an aromatic ring is 1. The number of ether oxygens (including phenoxy) is 3. The monoisotopic (exact) mass is 499 g/mol. The molecule has 2 aliphatic rings. The number of nitrogens with zero attached hydrogens (tertiary/aromatic N) is 3. The van der Waals surface area contributed by atoms with Crippen molar-refractivity contribution in [2.75, 3.05) is 25.2 Å². The standard InChI is InChI=1S/C18H21N5O8S2/c1-4-29-18(27)31-8(2)30-16(26)10-5-6-32-15-12(14(25)23(10)15)21-13(24)11(22-28-3)9-7-33-17(19)20-9/h5,7-8,12,15H,4,6H2,1-3H3,(H2,19,20)(H,21,24)/t8?,12?,15-/m0/s1. The zero-order valence-electron chi connectivity index (χ0n) is 17.8. The first-order valence-corrected chi connectivity index (χ1v) is 11.5. The van der Waals surface area contributed by atoms with Gasteiger partial charge in [0.05, 0.1) is 6.61 Å². The summed E-state index contributed by atoms with van der Waals surface area (Å²) in [6.07, 6.45) is -0.690. The molecule has 3 N–H and O–H groups in total. The van der Waals surface area contributed by atoms with Crippen molar-refractivity contribution in [1.82, 2.24) is 15.2 Å². The van der Waals surface area contributed by atoms with E-state index in [1.165, 1.54) is 42.2 Å². The van der Waals surface area contributed by atoms with E-state index in [0.717, 1.165) is 11.3 Å². The van der Waals surface area contributed by atoms with Crippen LogP contribution in [0.4, 0.5) is 9.93 Å². The Hall–Kier alpha value is -3.33. The van der Waals surface area contributed by atoms with E-state index in [-0.39, 0.29) is 28.8 Å². The highest BCUT2D eigenvalue weighted by atomic mass is 32.2. The predicted octanol–water partition coefficient (Wildman–Crippen LogP) is 0.422. The molecule has 0 bridgehead atoms. The average molecular weight is 500 g/mol. The molecule has 2 unspecified atom stereocenters. The highest BCUT2D eigenvalue weighted by Crippen LogP contribution is 2.38. The number of aromatic nitrogens is 1. The fourth-order valence-electron chi connectivity index (χ4n) is 2.95. The average Bonchev–Trinajstić information content (AvgIpc) is 3.20. The molecular weight excluding hydrogens is 478 g/mol. The largest absolute Gasteiger partial charge is 0.511 e. The number of nitrogens with one attached hydrogen (secondary N) is 1. The van der Waals surface area contributed by atoms with Crippen molar-refractivity contribution < 1.29 is 38.2 Å². The molecule has 1 fully saturated rings. The van der Waals surface area contributed by atoms with Crippen molar-refractivity contribution in [3.05, 3.63) is 22.8 Å². The van der Waals surface area contributed by atoms with Crippen LogP contribution in [0.1, 0.15) is 19.5 Å². The molecule has 2 aliphatic heterocycles. The van der Waals surface area contributed by atoms with Crippen LogP contribution in [0.5, 0.6) is 0 Å². The van der Waals surface area contributed by atoms with Gasteiger partial charge in [-0.1, -0.05) is 5.16 Å². The number of carbonyl (C=O) groups is 4. The number of β-lactam (4-membered cyclic amide) rings is 1. The lowest BCUT2D eigenvalue weighted by Gasteiger charge is -2.48. The summed E-state index contributed by atoms with van der Waals surface area (Å²) in [5.74, 6) is -1.66. The van der Waals surface area contributed by atoms with Gasteiger partial charge in [-0.25, -0.2) is 14.6 Å². The van der Waals surface area contributed by atoms with Gasteiger partial charge in [0.2, 0.25) is 6.29 Å². The highest BCUT2D eigenvalue weighted by molar-refractivity contribution is 8.00. The minimum Gasteiger partial charge on any atom is -0.435 e. The third-order valence-electron chi connectivity index (χ3n) is 4.30. The van der Waals surface area contributed by atoms with E-state index in [1.807, 2.05) is 0 Å². The van der Waals surface area contributed by atoms with Gasteiger partial charge in [0.1, 0.15) is 29.9 Å². The molecule has 0 aromatic carbocycles. The normalized spacial score (nSPS) is 20.6. The van der Waals surface area contributed by atoms with Crippen LogP contribution in [0.15, 0.2) is 22.3 Å². The van der Waals surface area contributed by atoms with Crippen molar-refractivity contribution in [1.29, 1.82) is 0 Å². The number of esters is 1. The van der Waals surface area contributed by atoms with Gasteiger partial charge in [-0.05, 0) is 13.0 Å². The Bertz CT molecular complexity index is 1010. The van der Waals surface area contributed by atoms with Gasteiger partial charge in [0, 0.05) is 18.1 Å². The zero-order chi connectivity index (χ0) is 24.1. The summed E-state index contributed by atoms with van der Waals surface area (Å²) in [7, 11) is 1.27. The van der Waals surface area contributed by atoms with E-state index < -0.39 is 41.6 Å². The number of carbonyl (C=O) groups excluding carboxylic acids is 4. The number of nitrogens with two attached hydrogens (primary N) is 1. The SMILES string of the molecule is CCOC(=O)OC(C)OC(=O)C1=CCS[C@H]2C(NC(=O)C(=NOC)c3csc(N)n3)C(=O)N12. The molecule has 0 spiro atoms. The fourth-order valence-corrected chi connectivity index (χ4v) is 4.70. The summed E-state index contributed by atoms with van der Waals surface area (Å²) < 4.78 is 14.5. The smallest absolute Gasteiger partial charge is 0.435 e. The maximum atomic E-state index is 12.8. The van der Waals surface area contributed by atoms with Crippen LogP contribution in [0.25, 0.3) is 0 Å². The molecule has 0 radical (unpaired) electrons. The molecule has 0 saturated carbocycles. The lowest BCUT2D eigenvalue weighted by Crippen LogP contribution is -2.70. The summed E-state index contributed by atoms with van der Waals surface area (Å²) in [6.45, 7) is 3.04. The Kier molecular flexibility index (Phi) is 7.75. The van der Waals surface area contributed by atoms with Crippen molar-refractivity contribution in [2.24, 2.45) is 5.16 Å². The number of fused-ring (bicyclic) bond motifs is 1.